The van der Waals surface area contributed by atoms with Crippen molar-refractivity contribution in [2.24, 2.45) is 0 Å². The van der Waals surface area contributed by atoms with Crippen LogP contribution in [-0.4, -0.2) is 14.9 Å². The number of benzene rings is 1. The number of hydrogen-bond acceptors (Lipinski definition) is 5. The van der Waals surface area contributed by atoms with E-state index in [1.54, 1.807) is 0 Å². The van der Waals surface area contributed by atoms with Gasteiger partial charge in [-0.15, -0.1) is 0 Å². The zero-order valence-corrected chi connectivity index (χ0v) is 11.1. The largest absolute Gasteiger partial charge is 0.431 e. The molecule has 1 heterocycles. The molecule has 8 heteroatoms. The van der Waals surface area contributed by atoms with E-state index in [-0.39, 0.29) is 16.8 Å². The zero-order valence-electron chi connectivity index (χ0n) is 10.3. The summed E-state index contributed by atoms with van der Waals surface area (Å²) in [7, 11) is 0. The van der Waals surface area contributed by atoms with Gasteiger partial charge < -0.3 is 4.74 Å². The van der Waals surface area contributed by atoms with E-state index in [9.17, 15) is 14.5 Å². The summed E-state index contributed by atoms with van der Waals surface area (Å²) >= 11 is 5.90. The SMILES string of the molecule is CCc1c(Cl)ncnc1Oc1ccc(F)cc1[N+](=O)[O-]. The maximum atomic E-state index is 13.0. The lowest BCUT2D eigenvalue weighted by Gasteiger charge is -2.09. The molecule has 6 nitrogen and oxygen atoms in total. The van der Waals surface area contributed by atoms with Crippen LogP contribution in [0.25, 0.3) is 0 Å². The molecule has 20 heavy (non-hydrogen) atoms. The summed E-state index contributed by atoms with van der Waals surface area (Å²) in [6.45, 7) is 1.82. The summed E-state index contributed by atoms with van der Waals surface area (Å²) < 4.78 is 18.4. The summed E-state index contributed by atoms with van der Waals surface area (Å²) in [5.74, 6) is -0.719. The van der Waals surface area contributed by atoms with Crippen LogP contribution >= 0.6 is 11.6 Å². The zero-order chi connectivity index (χ0) is 14.7. The lowest BCUT2D eigenvalue weighted by atomic mass is 10.2. The highest BCUT2D eigenvalue weighted by atomic mass is 35.5. The highest BCUT2D eigenvalue weighted by molar-refractivity contribution is 6.30. The van der Waals surface area contributed by atoms with E-state index in [4.69, 9.17) is 16.3 Å². The van der Waals surface area contributed by atoms with E-state index in [1.807, 2.05) is 6.92 Å². The van der Waals surface area contributed by atoms with E-state index in [2.05, 4.69) is 9.97 Å². The molecule has 1 aromatic carbocycles. The molecule has 0 fully saturated rings. The van der Waals surface area contributed by atoms with Crippen molar-refractivity contribution in [1.29, 1.82) is 0 Å². The number of aromatic nitrogens is 2. The second kappa shape index (κ2) is 5.79. The Kier molecular flexibility index (Phi) is 4.09. The average Bonchev–Trinajstić information content (AvgIpc) is 2.41. The maximum Gasteiger partial charge on any atom is 0.314 e. The molecule has 1 aromatic heterocycles. The molecule has 0 radical (unpaired) electrons. The number of nitrogens with zero attached hydrogens (tertiary/aromatic N) is 3. The first kappa shape index (κ1) is 14.1. The summed E-state index contributed by atoms with van der Waals surface area (Å²) in [5.41, 5.74) is 0.0366. The predicted molar refractivity (Wildman–Crippen MR) is 69.5 cm³/mol. The Hall–Kier alpha value is -2.28. The lowest BCUT2D eigenvalue weighted by molar-refractivity contribution is -0.385. The summed E-state index contributed by atoms with van der Waals surface area (Å²) in [5, 5.41) is 11.1. The van der Waals surface area contributed by atoms with Crippen molar-refractivity contribution >= 4 is 17.3 Å². The van der Waals surface area contributed by atoms with Crippen molar-refractivity contribution in [3.63, 3.8) is 0 Å². The normalized spacial score (nSPS) is 10.3. The molecule has 0 aliphatic heterocycles. The minimum Gasteiger partial charge on any atom is -0.431 e. The van der Waals surface area contributed by atoms with Gasteiger partial charge in [-0.1, -0.05) is 18.5 Å². The van der Waals surface area contributed by atoms with E-state index in [0.29, 0.717) is 12.0 Å². The van der Waals surface area contributed by atoms with Crippen LogP contribution in [0.2, 0.25) is 5.15 Å². The second-order valence-corrected chi connectivity index (χ2v) is 4.13. The fourth-order valence-electron chi connectivity index (χ4n) is 1.58. The number of hydrogen-bond donors (Lipinski definition) is 0. The second-order valence-electron chi connectivity index (χ2n) is 3.77. The topological polar surface area (TPSA) is 78.2 Å². The van der Waals surface area contributed by atoms with Crippen molar-refractivity contribution < 1.29 is 14.1 Å². The van der Waals surface area contributed by atoms with Gasteiger partial charge in [-0.05, 0) is 18.6 Å². The number of nitro groups is 1. The highest BCUT2D eigenvalue weighted by Crippen LogP contribution is 2.33. The van der Waals surface area contributed by atoms with Crippen molar-refractivity contribution in [2.45, 2.75) is 13.3 Å². The minimum atomic E-state index is -0.729. The van der Waals surface area contributed by atoms with Gasteiger partial charge in [-0.2, -0.15) is 0 Å². The van der Waals surface area contributed by atoms with Crippen molar-refractivity contribution in [3.8, 4) is 11.6 Å². The van der Waals surface area contributed by atoms with Gasteiger partial charge in [0, 0.05) is 0 Å². The third kappa shape index (κ3) is 2.83. The standard InChI is InChI=1S/C12H9ClFN3O3/c1-2-8-11(13)15-6-16-12(8)20-10-4-3-7(14)5-9(10)17(18)19/h3-6H,2H2,1H3. The molecule has 0 spiro atoms. The monoisotopic (exact) mass is 297 g/mol. The van der Waals surface area contributed by atoms with Crippen LogP contribution in [0.15, 0.2) is 24.5 Å². The van der Waals surface area contributed by atoms with Crippen LogP contribution < -0.4 is 4.74 Å². The Morgan fingerprint density at radius 1 is 1.45 bits per heavy atom. The molecular formula is C12H9ClFN3O3. The van der Waals surface area contributed by atoms with Crippen molar-refractivity contribution in [2.75, 3.05) is 0 Å². The fraction of sp³-hybridized carbons (Fsp3) is 0.167. The van der Waals surface area contributed by atoms with Gasteiger partial charge in [0.05, 0.1) is 16.6 Å². The van der Waals surface area contributed by atoms with Gasteiger partial charge in [-0.25, -0.2) is 14.4 Å². The Morgan fingerprint density at radius 2 is 2.20 bits per heavy atom. The first-order chi connectivity index (χ1) is 9.52. The molecule has 0 amide bonds. The predicted octanol–water partition coefficient (Wildman–Crippen LogP) is 3.53. The molecule has 0 aliphatic rings. The van der Waals surface area contributed by atoms with Crippen molar-refractivity contribution in [3.05, 3.63) is 51.2 Å². The number of rotatable bonds is 4. The Morgan fingerprint density at radius 3 is 2.85 bits per heavy atom. The van der Waals surface area contributed by atoms with Crippen LogP contribution in [-0.2, 0) is 6.42 Å². The Bertz CT molecular complexity index is 666. The molecule has 0 aliphatic carbocycles. The van der Waals surface area contributed by atoms with Gasteiger partial charge in [0.2, 0.25) is 11.6 Å². The first-order valence-corrected chi connectivity index (χ1v) is 6.02. The molecule has 104 valence electrons. The fourth-order valence-corrected chi connectivity index (χ4v) is 1.84. The third-order valence-corrected chi connectivity index (χ3v) is 2.86. The van der Waals surface area contributed by atoms with Crippen LogP contribution in [0.1, 0.15) is 12.5 Å². The first-order valence-electron chi connectivity index (χ1n) is 5.64. The molecule has 0 N–H and O–H groups in total. The molecule has 0 saturated heterocycles. The number of ether oxygens (including phenoxy) is 1. The molecule has 2 rings (SSSR count). The minimum absolute atomic E-state index is 0.110. The number of nitro benzene ring substituents is 1. The van der Waals surface area contributed by atoms with Crippen molar-refractivity contribution in [1.82, 2.24) is 9.97 Å². The quantitative estimate of drug-likeness (QED) is 0.490. The smallest absolute Gasteiger partial charge is 0.314 e. The molecular weight excluding hydrogens is 289 g/mol. The third-order valence-electron chi connectivity index (χ3n) is 2.53. The van der Waals surface area contributed by atoms with E-state index < -0.39 is 16.4 Å². The van der Waals surface area contributed by atoms with Crippen LogP contribution in [0.3, 0.4) is 0 Å². The Labute approximate surface area is 118 Å². The average molecular weight is 298 g/mol. The van der Waals surface area contributed by atoms with E-state index >= 15 is 0 Å². The van der Waals surface area contributed by atoms with Gasteiger partial charge in [0.1, 0.15) is 17.3 Å². The van der Waals surface area contributed by atoms with Gasteiger partial charge >= 0.3 is 5.69 Å². The summed E-state index contributed by atoms with van der Waals surface area (Å²) in [4.78, 5) is 17.9. The maximum absolute atomic E-state index is 13.0. The molecule has 2 aromatic rings. The van der Waals surface area contributed by atoms with Crippen LogP contribution in [0, 0.1) is 15.9 Å². The highest BCUT2D eigenvalue weighted by Gasteiger charge is 2.19. The molecule has 0 saturated carbocycles. The van der Waals surface area contributed by atoms with E-state index in [1.165, 1.54) is 12.4 Å². The van der Waals surface area contributed by atoms with Gasteiger partial charge in [-0.3, -0.25) is 10.1 Å². The van der Waals surface area contributed by atoms with Crippen LogP contribution in [0.5, 0.6) is 11.6 Å². The summed E-state index contributed by atoms with van der Waals surface area (Å²) in [6, 6.07) is 3.02. The van der Waals surface area contributed by atoms with Gasteiger partial charge in [0.15, 0.2) is 0 Å². The summed E-state index contributed by atoms with van der Waals surface area (Å²) in [6.07, 6.45) is 1.68. The molecule has 0 unspecified atom stereocenters. The van der Waals surface area contributed by atoms with E-state index in [0.717, 1.165) is 12.1 Å². The number of halogens is 2. The Balaban J connectivity index is 2.45. The lowest BCUT2D eigenvalue weighted by Crippen LogP contribution is -1.99. The molecule has 0 atom stereocenters. The molecule has 0 bridgehead atoms. The van der Waals surface area contributed by atoms with Gasteiger partial charge in [0.25, 0.3) is 0 Å². The van der Waals surface area contributed by atoms with Crippen LogP contribution in [0.4, 0.5) is 10.1 Å².